The molecule has 0 spiro atoms. The lowest BCUT2D eigenvalue weighted by Gasteiger charge is -2.12. The molecule has 5 nitrogen and oxygen atoms in total. The summed E-state index contributed by atoms with van der Waals surface area (Å²) < 4.78 is 10.2. The van der Waals surface area contributed by atoms with Crippen LogP contribution in [0.1, 0.15) is 16.7 Å². The van der Waals surface area contributed by atoms with E-state index in [2.05, 4.69) is 5.32 Å². The van der Waals surface area contributed by atoms with Gasteiger partial charge in [0, 0.05) is 11.3 Å². The number of amides is 1. The molecule has 0 saturated heterocycles. The third kappa shape index (κ3) is 4.59. The molecular formula is C19H21NO4. The van der Waals surface area contributed by atoms with Gasteiger partial charge < -0.3 is 14.8 Å². The van der Waals surface area contributed by atoms with E-state index in [9.17, 15) is 9.59 Å². The molecule has 2 aromatic rings. The van der Waals surface area contributed by atoms with Crippen LogP contribution >= 0.6 is 0 Å². The predicted molar refractivity (Wildman–Crippen MR) is 92.2 cm³/mol. The molecule has 0 unspecified atom stereocenters. The Bertz CT molecular complexity index is 720. The maximum absolute atomic E-state index is 12.0. The highest BCUT2D eigenvalue weighted by atomic mass is 16.5. The lowest BCUT2D eigenvalue weighted by molar-refractivity contribution is -0.146. The van der Waals surface area contributed by atoms with E-state index in [0.29, 0.717) is 5.75 Å². The van der Waals surface area contributed by atoms with Crippen LogP contribution in [-0.2, 0) is 20.7 Å². The zero-order valence-electron chi connectivity index (χ0n) is 14.1. The fraction of sp³-hybridized carbons (Fsp3) is 0.263. The molecule has 1 amide bonds. The average Bonchev–Trinajstić information content (AvgIpc) is 2.57. The number of para-hydroxylation sites is 2. The van der Waals surface area contributed by atoms with Crippen LogP contribution in [-0.4, -0.2) is 25.6 Å². The van der Waals surface area contributed by atoms with Crippen molar-refractivity contribution in [3.63, 3.8) is 0 Å². The van der Waals surface area contributed by atoms with Crippen LogP contribution in [0.3, 0.4) is 0 Å². The SMILES string of the molecule is COc1ccccc1CC(=O)OCC(=O)Nc1c(C)cccc1C. The highest BCUT2D eigenvalue weighted by Crippen LogP contribution is 2.20. The molecule has 0 aliphatic heterocycles. The summed E-state index contributed by atoms with van der Waals surface area (Å²) in [5.74, 6) is -0.216. The minimum atomic E-state index is -0.476. The molecule has 0 aliphatic rings. The molecule has 0 atom stereocenters. The molecule has 0 heterocycles. The average molecular weight is 327 g/mol. The summed E-state index contributed by atoms with van der Waals surface area (Å²) in [6, 6.07) is 13.0. The van der Waals surface area contributed by atoms with Gasteiger partial charge in [-0.1, -0.05) is 36.4 Å². The van der Waals surface area contributed by atoms with E-state index in [0.717, 1.165) is 22.4 Å². The molecule has 0 radical (unpaired) electrons. The van der Waals surface area contributed by atoms with Gasteiger partial charge in [-0.15, -0.1) is 0 Å². The van der Waals surface area contributed by atoms with Crippen LogP contribution in [0.5, 0.6) is 5.75 Å². The second-order valence-corrected chi connectivity index (χ2v) is 5.46. The highest BCUT2D eigenvalue weighted by Gasteiger charge is 2.12. The van der Waals surface area contributed by atoms with Crippen molar-refractivity contribution in [1.29, 1.82) is 0 Å². The zero-order valence-corrected chi connectivity index (χ0v) is 14.1. The number of ether oxygens (including phenoxy) is 2. The van der Waals surface area contributed by atoms with Crippen molar-refractivity contribution >= 4 is 17.6 Å². The third-order valence-electron chi connectivity index (χ3n) is 3.64. The van der Waals surface area contributed by atoms with Gasteiger partial charge in [0.05, 0.1) is 13.5 Å². The lowest BCUT2D eigenvalue weighted by Crippen LogP contribution is -2.22. The van der Waals surface area contributed by atoms with Crippen LogP contribution in [0.15, 0.2) is 42.5 Å². The van der Waals surface area contributed by atoms with Crippen molar-refractivity contribution in [2.75, 3.05) is 19.0 Å². The molecule has 1 N–H and O–H groups in total. The fourth-order valence-electron chi connectivity index (χ4n) is 2.39. The minimum absolute atomic E-state index is 0.0562. The Balaban J connectivity index is 1.88. The van der Waals surface area contributed by atoms with E-state index < -0.39 is 5.97 Å². The summed E-state index contributed by atoms with van der Waals surface area (Å²) >= 11 is 0. The van der Waals surface area contributed by atoms with Gasteiger partial charge in [0.15, 0.2) is 6.61 Å². The Kier molecular flexibility index (Phi) is 5.95. The van der Waals surface area contributed by atoms with Crippen molar-refractivity contribution in [2.45, 2.75) is 20.3 Å². The molecule has 0 saturated carbocycles. The van der Waals surface area contributed by atoms with E-state index in [4.69, 9.17) is 9.47 Å². The van der Waals surface area contributed by atoms with Crippen LogP contribution in [0, 0.1) is 13.8 Å². The number of hydrogen-bond donors (Lipinski definition) is 1. The Hall–Kier alpha value is -2.82. The maximum atomic E-state index is 12.0. The van der Waals surface area contributed by atoms with Crippen molar-refractivity contribution in [3.05, 3.63) is 59.2 Å². The number of rotatable bonds is 6. The summed E-state index contributed by atoms with van der Waals surface area (Å²) in [7, 11) is 1.54. The van der Waals surface area contributed by atoms with Crippen LogP contribution in [0.25, 0.3) is 0 Å². The molecule has 126 valence electrons. The summed E-state index contributed by atoms with van der Waals surface area (Å²) in [5, 5.41) is 2.78. The number of carbonyl (C=O) groups is 2. The first-order valence-electron chi connectivity index (χ1n) is 7.65. The van der Waals surface area contributed by atoms with Gasteiger partial charge in [-0.3, -0.25) is 9.59 Å². The first-order chi connectivity index (χ1) is 11.5. The number of benzene rings is 2. The van der Waals surface area contributed by atoms with E-state index >= 15 is 0 Å². The van der Waals surface area contributed by atoms with Gasteiger partial charge in [-0.25, -0.2) is 0 Å². The number of carbonyl (C=O) groups excluding carboxylic acids is 2. The molecule has 2 aromatic carbocycles. The van der Waals surface area contributed by atoms with E-state index in [1.807, 2.05) is 44.2 Å². The second-order valence-electron chi connectivity index (χ2n) is 5.46. The van der Waals surface area contributed by atoms with Gasteiger partial charge in [0.2, 0.25) is 0 Å². The maximum Gasteiger partial charge on any atom is 0.310 e. The number of hydrogen-bond acceptors (Lipinski definition) is 4. The van der Waals surface area contributed by atoms with Crippen molar-refractivity contribution in [2.24, 2.45) is 0 Å². The number of anilines is 1. The summed E-state index contributed by atoms with van der Waals surface area (Å²) in [6.45, 7) is 3.51. The standard InChI is InChI=1S/C19H21NO4/c1-13-7-6-8-14(2)19(13)20-17(21)12-24-18(22)11-15-9-4-5-10-16(15)23-3/h4-10H,11-12H2,1-3H3,(H,20,21). The van der Waals surface area contributed by atoms with Gasteiger partial charge in [-0.2, -0.15) is 0 Å². The summed E-state index contributed by atoms with van der Waals surface area (Å²) in [6.07, 6.45) is 0.0562. The highest BCUT2D eigenvalue weighted by molar-refractivity contribution is 5.94. The van der Waals surface area contributed by atoms with Gasteiger partial charge in [0.1, 0.15) is 5.75 Å². The first kappa shape index (κ1) is 17.5. The number of esters is 1. The fourth-order valence-corrected chi connectivity index (χ4v) is 2.39. The molecule has 0 aliphatic carbocycles. The van der Waals surface area contributed by atoms with E-state index in [1.54, 1.807) is 19.2 Å². The van der Waals surface area contributed by atoms with Crippen molar-refractivity contribution in [1.82, 2.24) is 0 Å². The number of aryl methyl sites for hydroxylation is 2. The first-order valence-corrected chi connectivity index (χ1v) is 7.65. The summed E-state index contributed by atoms with van der Waals surface area (Å²) in [4.78, 5) is 23.9. The van der Waals surface area contributed by atoms with Crippen molar-refractivity contribution in [3.8, 4) is 5.75 Å². The quantitative estimate of drug-likeness (QED) is 0.828. The molecule has 24 heavy (non-hydrogen) atoms. The van der Waals surface area contributed by atoms with Gasteiger partial charge >= 0.3 is 5.97 Å². The van der Waals surface area contributed by atoms with Gasteiger partial charge in [0.25, 0.3) is 5.91 Å². The second kappa shape index (κ2) is 8.15. The Morgan fingerprint density at radius 1 is 1.00 bits per heavy atom. The smallest absolute Gasteiger partial charge is 0.310 e. The number of nitrogens with one attached hydrogen (secondary N) is 1. The zero-order chi connectivity index (χ0) is 17.5. The van der Waals surface area contributed by atoms with Gasteiger partial charge in [-0.05, 0) is 31.0 Å². The van der Waals surface area contributed by atoms with Crippen LogP contribution in [0.2, 0.25) is 0 Å². The largest absolute Gasteiger partial charge is 0.496 e. The normalized spacial score (nSPS) is 10.1. The molecule has 2 rings (SSSR count). The Labute approximate surface area is 141 Å². The molecule has 0 fully saturated rings. The molecule has 0 aromatic heterocycles. The van der Waals surface area contributed by atoms with E-state index in [1.165, 1.54) is 0 Å². The molecular weight excluding hydrogens is 306 g/mol. The van der Waals surface area contributed by atoms with Crippen LogP contribution in [0.4, 0.5) is 5.69 Å². The molecule has 0 bridgehead atoms. The monoisotopic (exact) mass is 327 g/mol. The van der Waals surface area contributed by atoms with Crippen molar-refractivity contribution < 1.29 is 19.1 Å². The summed E-state index contributed by atoms with van der Waals surface area (Å²) in [5.41, 5.74) is 3.40. The third-order valence-corrected chi connectivity index (χ3v) is 3.64. The topological polar surface area (TPSA) is 64.6 Å². The predicted octanol–water partition coefficient (Wildman–Crippen LogP) is 3.04. The number of methoxy groups -OCH3 is 1. The molecule has 5 heteroatoms. The Morgan fingerprint density at radius 2 is 1.67 bits per heavy atom. The minimum Gasteiger partial charge on any atom is -0.496 e. The van der Waals surface area contributed by atoms with Crippen LogP contribution < -0.4 is 10.1 Å². The van der Waals surface area contributed by atoms with E-state index in [-0.39, 0.29) is 18.9 Å². The lowest BCUT2D eigenvalue weighted by atomic mass is 10.1. The Morgan fingerprint density at radius 3 is 2.33 bits per heavy atom.